The third-order valence-corrected chi connectivity index (χ3v) is 2.45. The highest BCUT2D eigenvalue weighted by molar-refractivity contribution is 5.93. The lowest BCUT2D eigenvalue weighted by Gasteiger charge is -2.19. The first-order chi connectivity index (χ1) is 7.27. The van der Waals surface area contributed by atoms with Crippen molar-refractivity contribution >= 4 is 5.97 Å². The second-order valence-electron chi connectivity index (χ2n) is 3.21. The summed E-state index contributed by atoms with van der Waals surface area (Å²) < 4.78 is 15.4. The van der Waals surface area contributed by atoms with Crippen molar-refractivity contribution in [2.75, 3.05) is 20.8 Å². The van der Waals surface area contributed by atoms with Crippen LogP contribution in [0, 0.1) is 0 Å². The molecule has 0 radical (unpaired) electrons. The molecule has 1 heterocycles. The Morgan fingerprint density at radius 2 is 2.07 bits per heavy atom. The summed E-state index contributed by atoms with van der Waals surface area (Å²) in [5, 5.41) is 0. The fourth-order valence-corrected chi connectivity index (χ4v) is 1.75. The zero-order valence-corrected chi connectivity index (χ0v) is 8.70. The van der Waals surface area contributed by atoms with Gasteiger partial charge in [-0.25, -0.2) is 4.79 Å². The van der Waals surface area contributed by atoms with Crippen molar-refractivity contribution in [1.82, 2.24) is 0 Å². The first kappa shape index (κ1) is 9.83. The molecule has 0 unspecified atom stereocenters. The van der Waals surface area contributed by atoms with E-state index in [4.69, 9.17) is 14.2 Å². The minimum atomic E-state index is -0.294. The summed E-state index contributed by atoms with van der Waals surface area (Å²) in [6.07, 6.45) is 0.668. The summed E-state index contributed by atoms with van der Waals surface area (Å²) in [6.45, 7) is 0.398. The van der Waals surface area contributed by atoms with Gasteiger partial charge >= 0.3 is 5.97 Å². The highest BCUT2D eigenvalue weighted by atomic mass is 16.5. The van der Waals surface area contributed by atoms with Gasteiger partial charge in [-0.15, -0.1) is 0 Å². The molecule has 0 spiro atoms. The molecule has 0 aromatic heterocycles. The molecule has 4 nitrogen and oxygen atoms in total. The number of methoxy groups -OCH3 is 2. The lowest BCUT2D eigenvalue weighted by atomic mass is 10.0. The van der Waals surface area contributed by atoms with Crippen LogP contribution < -0.4 is 9.47 Å². The van der Waals surface area contributed by atoms with Crippen molar-refractivity contribution in [2.24, 2.45) is 0 Å². The number of carbonyl (C=O) groups is 1. The van der Waals surface area contributed by atoms with Crippen molar-refractivity contribution in [3.8, 4) is 11.5 Å². The van der Waals surface area contributed by atoms with Gasteiger partial charge in [0, 0.05) is 12.0 Å². The van der Waals surface area contributed by atoms with E-state index in [1.807, 2.05) is 0 Å². The number of carbonyl (C=O) groups excluding carboxylic acids is 1. The Labute approximate surface area is 87.8 Å². The summed E-state index contributed by atoms with van der Waals surface area (Å²) in [6, 6.07) is 3.42. The molecule has 0 fully saturated rings. The SMILES string of the molecule is COc1ccc2c(c1OC)CCOC2=O. The van der Waals surface area contributed by atoms with Crippen molar-refractivity contribution in [1.29, 1.82) is 0 Å². The number of hydrogen-bond donors (Lipinski definition) is 0. The minimum absolute atomic E-state index is 0.294. The third-order valence-electron chi connectivity index (χ3n) is 2.45. The van der Waals surface area contributed by atoms with Gasteiger partial charge in [-0.2, -0.15) is 0 Å². The van der Waals surface area contributed by atoms with Crippen LogP contribution in [-0.2, 0) is 11.2 Å². The molecule has 0 saturated heterocycles. The van der Waals surface area contributed by atoms with E-state index in [0.29, 0.717) is 30.1 Å². The number of esters is 1. The fraction of sp³-hybridized carbons (Fsp3) is 0.364. The number of benzene rings is 1. The van der Waals surface area contributed by atoms with Crippen LogP contribution in [-0.4, -0.2) is 26.8 Å². The zero-order valence-electron chi connectivity index (χ0n) is 8.70. The monoisotopic (exact) mass is 208 g/mol. The predicted octanol–water partition coefficient (Wildman–Crippen LogP) is 1.42. The summed E-state index contributed by atoms with van der Waals surface area (Å²) in [5.41, 5.74) is 1.44. The molecule has 4 heteroatoms. The molecule has 1 aromatic carbocycles. The quantitative estimate of drug-likeness (QED) is 0.689. The molecule has 1 aliphatic heterocycles. The maximum atomic E-state index is 11.4. The Morgan fingerprint density at radius 3 is 2.73 bits per heavy atom. The van der Waals surface area contributed by atoms with Crippen molar-refractivity contribution in [3.05, 3.63) is 23.3 Å². The van der Waals surface area contributed by atoms with Crippen LogP contribution in [0.25, 0.3) is 0 Å². The summed E-state index contributed by atoms with van der Waals surface area (Å²) in [7, 11) is 3.14. The molecule has 0 bridgehead atoms. The van der Waals surface area contributed by atoms with Crippen LogP contribution in [0.4, 0.5) is 0 Å². The van der Waals surface area contributed by atoms with E-state index < -0.39 is 0 Å². The molecule has 80 valence electrons. The van der Waals surface area contributed by atoms with Crippen LogP contribution in [0.2, 0.25) is 0 Å². The Bertz CT molecular complexity index is 398. The molecule has 2 rings (SSSR count). The van der Waals surface area contributed by atoms with Gasteiger partial charge < -0.3 is 14.2 Å². The first-order valence-corrected chi connectivity index (χ1v) is 4.69. The smallest absolute Gasteiger partial charge is 0.338 e. The largest absolute Gasteiger partial charge is 0.493 e. The van der Waals surface area contributed by atoms with Gasteiger partial charge in [0.05, 0.1) is 26.4 Å². The second kappa shape index (κ2) is 3.81. The van der Waals surface area contributed by atoms with Crippen LogP contribution in [0.5, 0.6) is 11.5 Å². The maximum Gasteiger partial charge on any atom is 0.338 e. The molecular formula is C11H12O4. The van der Waals surface area contributed by atoms with Crippen LogP contribution in [0.1, 0.15) is 15.9 Å². The van der Waals surface area contributed by atoms with E-state index in [0.717, 1.165) is 5.56 Å². The number of fused-ring (bicyclic) bond motifs is 1. The molecule has 0 atom stereocenters. The van der Waals surface area contributed by atoms with Crippen molar-refractivity contribution < 1.29 is 19.0 Å². The highest BCUT2D eigenvalue weighted by Gasteiger charge is 2.24. The topological polar surface area (TPSA) is 44.8 Å². The van der Waals surface area contributed by atoms with Crippen LogP contribution in [0.15, 0.2) is 12.1 Å². The third kappa shape index (κ3) is 1.52. The molecule has 0 N–H and O–H groups in total. The van der Waals surface area contributed by atoms with Gasteiger partial charge in [0.1, 0.15) is 0 Å². The van der Waals surface area contributed by atoms with E-state index in [2.05, 4.69) is 0 Å². The number of cyclic esters (lactones) is 1. The Hall–Kier alpha value is -1.71. The Morgan fingerprint density at radius 1 is 1.27 bits per heavy atom. The molecule has 1 aromatic rings. The van der Waals surface area contributed by atoms with Gasteiger partial charge in [-0.1, -0.05) is 0 Å². The molecule has 0 aliphatic carbocycles. The van der Waals surface area contributed by atoms with Crippen LogP contribution in [0.3, 0.4) is 0 Å². The minimum Gasteiger partial charge on any atom is -0.493 e. The van der Waals surface area contributed by atoms with Crippen LogP contribution >= 0.6 is 0 Å². The molecule has 0 saturated carbocycles. The number of rotatable bonds is 2. The summed E-state index contributed by atoms with van der Waals surface area (Å²) in [5.74, 6) is 0.981. The Kier molecular flexibility index (Phi) is 2.49. The fourth-order valence-electron chi connectivity index (χ4n) is 1.75. The lowest BCUT2D eigenvalue weighted by Crippen LogP contribution is -2.18. The molecule has 1 aliphatic rings. The number of ether oxygens (including phenoxy) is 3. The van der Waals surface area contributed by atoms with E-state index in [1.165, 1.54) is 0 Å². The summed E-state index contributed by atoms with van der Waals surface area (Å²) >= 11 is 0. The zero-order chi connectivity index (χ0) is 10.8. The van der Waals surface area contributed by atoms with E-state index in [1.54, 1.807) is 26.4 Å². The van der Waals surface area contributed by atoms with E-state index in [-0.39, 0.29) is 5.97 Å². The van der Waals surface area contributed by atoms with Gasteiger partial charge in [0.15, 0.2) is 11.5 Å². The van der Waals surface area contributed by atoms with Gasteiger partial charge in [-0.3, -0.25) is 0 Å². The normalized spacial score (nSPS) is 14.1. The number of hydrogen-bond acceptors (Lipinski definition) is 4. The summed E-state index contributed by atoms with van der Waals surface area (Å²) in [4.78, 5) is 11.4. The van der Waals surface area contributed by atoms with Crippen molar-refractivity contribution in [3.63, 3.8) is 0 Å². The van der Waals surface area contributed by atoms with Gasteiger partial charge in [-0.05, 0) is 12.1 Å². The average molecular weight is 208 g/mol. The average Bonchev–Trinajstić information content (AvgIpc) is 2.28. The molecule has 15 heavy (non-hydrogen) atoms. The van der Waals surface area contributed by atoms with Gasteiger partial charge in [0.25, 0.3) is 0 Å². The van der Waals surface area contributed by atoms with E-state index >= 15 is 0 Å². The lowest BCUT2D eigenvalue weighted by molar-refractivity contribution is 0.0478. The predicted molar refractivity (Wildman–Crippen MR) is 53.5 cm³/mol. The highest BCUT2D eigenvalue weighted by Crippen LogP contribution is 2.35. The standard InChI is InChI=1S/C11H12O4/c1-13-9-4-3-8-7(10(9)14-2)5-6-15-11(8)12/h3-4H,5-6H2,1-2H3. The molecular weight excluding hydrogens is 196 g/mol. The second-order valence-corrected chi connectivity index (χ2v) is 3.21. The first-order valence-electron chi connectivity index (χ1n) is 4.69. The molecule has 0 amide bonds. The van der Waals surface area contributed by atoms with Crippen molar-refractivity contribution in [2.45, 2.75) is 6.42 Å². The maximum absolute atomic E-state index is 11.4. The Balaban J connectivity index is 2.58. The van der Waals surface area contributed by atoms with E-state index in [9.17, 15) is 4.79 Å². The van der Waals surface area contributed by atoms with Gasteiger partial charge in [0.2, 0.25) is 0 Å².